The molecule has 0 saturated heterocycles. The molecule has 2 aliphatic rings. The smallest absolute Gasteiger partial charge is 0.407 e. The maximum absolute atomic E-state index is 13.1. The van der Waals surface area contributed by atoms with E-state index < -0.39 is 23.6 Å². The van der Waals surface area contributed by atoms with Crippen LogP contribution in [0.1, 0.15) is 88.6 Å². The Morgan fingerprint density at radius 3 is 2.36 bits per heavy atom. The molecule has 1 atom stereocenters. The first-order valence-corrected chi connectivity index (χ1v) is 15.3. The van der Waals surface area contributed by atoms with Gasteiger partial charge in [-0.25, -0.2) is 9.78 Å². The topological polar surface area (TPSA) is 121 Å². The first-order valence-electron chi connectivity index (χ1n) is 15.3. The molecule has 8 heteroatoms. The van der Waals surface area contributed by atoms with Gasteiger partial charge in [0.2, 0.25) is 0 Å². The number of fused-ring (bicyclic) bond motifs is 1. The third kappa shape index (κ3) is 7.58. The van der Waals surface area contributed by atoms with Crippen LogP contribution in [0.4, 0.5) is 4.79 Å². The number of carbonyl (C=O) groups is 3. The van der Waals surface area contributed by atoms with Crippen LogP contribution in [0.15, 0.2) is 36.4 Å². The van der Waals surface area contributed by atoms with Crippen LogP contribution in [0.5, 0.6) is 0 Å². The minimum atomic E-state index is -0.936. The van der Waals surface area contributed by atoms with Crippen LogP contribution >= 0.6 is 0 Å². The molecule has 0 bridgehead atoms. The van der Waals surface area contributed by atoms with Crippen molar-refractivity contribution in [3.8, 4) is 11.1 Å². The molecule has 2 fully saturated rings. The van der Waals surface area contributed by atoms with E-state index in [1.807, 2.05) is 45.0 Å². The van der Waals surface area contributed by atoms with Crippen molar-refractivity contribution in [1.82, 2.24) is 15.3 Å². The molecule has 8 nitrogen and oxygen atoms in total. The summed E-state index contributed by atoms with van der Waals surface area (Å²) in [6, 6.07) is 12.3. The number of carboxylic acid groups (broad SMARTS) is 1. The van der Waals surface area contributed by atoms with E-state index in [4.69, 9.17) is 9.72 Å². The summed E-state index contributed by atoms with van der Waals surface area (Å²) in [5.41, 5.74) is 5.75. The molecule has 0 spiro atoms. The number of carboxylic acids is 1. The molecule has 42 heavy (non-hydrogen) atoms. The molecule has 1 amide bonds. The quantitative estimate of drug-likeness (QED) is 0.241. The molecule has 0 unspecified atom stereocenters. The Morgan fingerprint density at radius 1 is 1.05 bits per heavy atom. The fourth-order valence-electron chi connectivity index (χ4n) is 6.04. The number of nitrogens with zero attached hydrogens (tertiary/aromatic N) is 1. The number of aromatic nitrogens is 2. The lowest BCUT2D eigenvalue weighted by atomic mass is 9.77. The Balaban J connectivity index is 1.14. The zero-order chi connectivity index (χ0) is 30.0. The number of Topliss-reactive ketones (excluding diaryl/α,β-unsaturated/α-hetero) is 1. The molecule has 3 N–H and O–H groups in total. The average Bonchev–Trinajstić information content (AvgIpc) is 3.70. The number of hydrogen-bond acceptors (Lipinski definition) is 5. The van der Waals surface area contributed by atoms with Crippen LogP contribution < -0.4 is 5.32 Å². The van der Waals surface area contributed by atoms with Crippen molar-refractivity contribution in [2.75, 3.05) is 6.54 Å². The Bertz CT molecular complexity index is 1440. The van der Waals surface area contributed by atoms with Crippen LogP contribution in [0.2, 0.25) is 0 Å². The molecule has 3 aromatic rings. The number of alkyl carbamates (subject to hydrolysis) is 1. The number of H-pyrrole nitrogens is 1. The molecule has 5 rings (SSSR count). The Morgan fingerprint density at radius 2 is 1.74 bits per heavy atom. The lowest BCUT2D eigenvalue weighted by Crippen LogP contribution is -2.36. The second-order valence-electron chi connectivity index (χ2n) is 13.3. The Labute approximate surface area is 247 Å². The summed E-state index contributed by atoms with van der Waals surface area (Å²) in [5, 5.41) is 12.8. The molecular formula is C34H43N3O5. The number of nitrogens with one attached hydrogen (secondary N) is 2. The van der Waals surface area contributed by atoms with Crippen molar-refractivity contribution >= 4 is 28.9 Å². The van der Waals surface area contributed by atoms with Crippen molar-refractivity contribution in [2.45, 2.75) is 90.6 Å². The molecule has 1 aromatic heterocycles. The highest BCUT2D eigenvalue weighted by Gasteiger charge is 2.31. The molecule has 2 saturated carbocycles. The largest absolute Gasteiger partial charge is 0.481 e. The van der Waals surface area contributed by atoms with E-state index in [1.165, 1.54) is 12.8 Å². The third-order valence-electron chi connectivity index (χ3n) is 8.59. The van der Waals surface area contributed by atoms with Gasteiger partial charge in [-0.3, -0.25) is 9.59 Å². The molecule has 1 heterocycles. The van der Waals surface area contributed by atoms with Gasteiger partial charge in [-0.15, -0.1) is 0 Å². The predicted molar refractivity (Wildman–Crippen MR) is 162 cm³/mol. The number of imidazole rings is 1. The lowest BCUT2D eigenvalue weighted by molar-refractivity contribution is -0.144. The summed E-state index contributed by atoms with van der Waals surface area (Å²) in [6.07, 6.45) is 5.45. The summed E-state index contributed by atoms with van der Waals surface area (Å²) in [5.74, 6) is 0.172. The zero-order valence-electron chi connectivity index (χ0n) is 25.2. The van der Waals surface area contributed by atoms with E-state index >= 15 is 0 Å². The number of aryl methyl sites for hydroxylation is 1. The normalized spacial score (nSPS) is 19.8. The van der Waals surface area contributed by atoms with Gasteiger partial charge in [-0.2, -0.15) is 0 Å². The van der Waals surface area contributed by atoms with Crippen molar-refractivity contribution < 1.29 is 24.2 Å². The van der Waals surface area contributed by atoms with Crippen LogP contribution in [0, 0.1) is 24.7 Å². The van der Waals surface area contributed by atoms with E-state index in [1.54, 1.807) is 0 Å². The standard InChI is InChI=1S/C34H43N3O5/c1-20-15-28-29(37-31(36-28)25-13-14-25)18-27(20)23-9-5-21(6-10-23)16-26(32(39)40)17-30(38)24-11-7-22(8-12-24)19-35-33(41)42-34(2,3)4/h5-6,9-10,15,18,22,24-26H,7-8,11-14,16-17,19H2,1-4H3,(H,35,41)(H,36,37)(H,39,40)/t22?,24?,26-/m1/s1. The molecule has 2 aliphatic carbocycles. The SMILES string of the molecule is Cc1cc2[nH]c(C3CC3)nc2cc1-c1ccc(C[C@H](CC(=O)C2CCC(CNC(=O)OC(C)(C)C)CC2)C(=O)O)cc1. The monoisotopic (exact) mass is 573 g/mol. The van der Waals surface area contributed by atoms with Crippen LogP contribution in [0.25, 0.3) is 22.2 Å². The number of benzene rings is 2. The lowest BCUT2D eigenvalue weighted by Gasteiger charge is -2.29. The number of aliphatic carboxylic acids is 1. The average molecular weight is 574 g/mol. The van der Waals surface area contributed by atoms with Crippen molar-refractivity contribution in [1.29, 1.82) is 0 Å². The third-order valence-corrected chi connectivity index (χ3v) is 8.59. The van der Waals surface area contributed by atoms with Gasteiger partial charge in [0.15, 0.2) is 0 Å². The van der Waals surface area contributed by atoms with E-state index in [-0.39, 0.29) is 18.1 Å². The minimum Gasteiger partial charge on any atom is -0.481 e. The molecule has 0 radical (unpaired) electrons. The van der Waals surface area contributed by atoms with Gasteiger partial charge in [-0.1, -0.05) is 24.3 Å². The van der Waals surface area contributed by atoms with E-state index in [0.717, 1.165) is 64.8 Å². The summed E-state index contributed by atoms with van der Waals surface area (Å²) in [7, 11) is 0. The number of rotatable bonds is 10. The summed E-state index contributed by atoms with van der Waals surface area (Å²) in [6.45, 7) is 8.11. The van der Waals surface area contributed by atoms with Crippen LogP contribution in [-0.4, -0.2) is 45.1 Å². The number of hydrogen-bond donors (Lipinski definition) is 3. The van der Waals surface area contributed by atoms with E-state index in [9.17, 15) is 19.5 Å². The van der Waals surface area contributed by atoms with Crippen LogP contribution in [0.3, 0.4) is 0 Å². The molecule has 224 valence electrons. The molecule has 2 aromatic carbocycles. The second kappa shape index (κ2) is 12.3. The highest BCUT2D eigenvalue weighted by Crippen LogP contribution is 2.39. The van der Waals surface area contributed by atoms with Gasteiger partial charge in [0.05, 0.1) is 17.0 Å². The van der Waals surface area contributed by atoms with E-state index in [0.29, 0.717) is 24.8 Å². The second-order valence-corrected chi connectivity index (χ2v) is 13.3. The highest BCUT2D eigenvalue weighted by molar-refractivity contribution is 5.86. The van der Waals surface area contributed by atoms with E-state index in [2.05, 4.69) is 29.4 Å². The Kier molecular flexibility index (Phi) is 8.71. The van der Waals surface area contributed by atoms with Gasteiger partial charge < -0.3 is 20.1 Å². The fourth-order valence-corrected chi connectivity index (χ4v) is 6.04. The number of carbonyl (C=O) groups excluding carboxylic acids is 2. The zero-order valence-corrected chi connectivity index (χ0v) is 25.2. The summed E-state index contributed by atoms with van der Waals surface area (Å²) < 4.78 is 5.30. The predicted octanol–water partition coefficient (Wildman–Crippen LogP) is 6.95. The van der Waals surface area contributed by atoms with Gasteiger partial charge >= 0.3 is 12.1 Å². The summed E-state index contributed by atoms with van der Waals surface area (Å²) in [4.78, 5) is 45.4. The Hall–Kier alpha value is -3.68. The maximum atomic E-state index is 13.1. The number of amides is 1. The molecular weight excluding hydrogens is 530 g/mol. The molecule has 0 aliphatic heterocycles. The highest BCUT2D eigenvalue weighted by atomic mass is 16.6. The summed E-state index contributed by atoms with van der Waals surface area (Å²) >= 11 is 0. The van der Waals surface area contributed by atoms with Crippen molar-refractivity contribution in [3.63, 3.8) is 0 Å². The fraction of sp³-hybridized carbons (Fsp3) is 0.529. The van der Waals surface area contributed by atoms with Crippen molar-refractivity contribution in [3.05, 3.63) is 53.3 Å². The van der Waals surface area contributed by atoms with Gasteiger partial charge in [0.1, 0.15) is 17.2 Å². The maximum Gasteiger partial charge on any atom is 0.407 e. The first-order chi connectivity index (χ1) is 19.9. The van der Waals surface area contributed by atoms with Crippen molar-refractivity contribution in [2.24, 2.45) is 17.8 Å². The van der Waals surface area contributed by atoms with Gasteiger partial charge in [0, 0.05) is 24.8 Å². The minimum absolute atomic E-state index is 0.0334. The first kappa shape index (κ1) is 29.8. The number of aromatic amines is 1. The van der Waals surface area contributed by atoms with Gasteiger partial charge in [-0.05, 0) is 113 Å². The number of ether oxygens (including phenoxy) is 1. The van der Waals surface area contributed by atoms with Crippen LogP contribution in [-0.2, 0) is 20.7 Å². The number of ketones is 1. The van der Waals surface area contributed by atoms with Gasteiger partial charge in [0.25, 0.3) is 0 Å².